The molecule has 0 fully saturated rings. The van der Waals surface area contributed by atoms with Crippen LogP contribution in [0.2, 0.25) is 15.1 Å². The first-order valence-corrected chi connectivity index (χ1v) is 9.67. The van der Waals surface area contributed by atoms with Gasteiger partial charge in [-0.05, 0) is 48.4 Å². The van der Waals surface area contributed by atoms with Gasteiger partial charge in [0, 0.05) is 45.8 Å². The van der Waals surface area contributed by atoms with Crippen molar-refractivity contribution in [3.05, 3.63) is 84.7 Å². The molecule has 2 heterocycles. The van der Waals surface area contributed by atoms with Crippen molar-refractivity contribution in [2.45, 2.75) is 19.5 Å². The van der Waals surface area contributed by atoms with Gasteiger partial charge in [-0.15, -0.1) is 0 Å². The summed E-state index contributed by atoms with van der Waals surface area (Å²) >= 11 is 18.2. The molecule has 0 radical (unpaired) electrons. The molecule has 0 spiro atoms. The van der Waals surface area contributed by atoms with Gasteiger partial charge in [0.05, 0.1) is 5.69 Å². The minimum absolute atomic E-state index is 0.0749. The second-order valence-electron chi connectivity index (χ2n) is 6.54. The molecule has 7 heteroatoms. The van der Waals surface area contributed by atoms with Gasteiger partial charge >= 0.3 is 0 Å². The average Bonchev–Trinajstić information content (AvgIpc) is 2.64. The molecule has 4 rings (SSSR count). The Labute approximate surface area is 171 Å². The monoisotopic (exact) mass is 419 g/mol. The molecule has 0 unspecified atom stereocenters. The van der Waals surface area contributed by atoms with Crippen LogP contribution in [-0.4, -0.2) is 21.4 Å². The van der Waals surface area contributed by atoms with Crippen LogP contribution in [0.5, 0.6) is 0 Å². The minimum Gasteiger partial charge on any atom is -0.306 e. The van der Waals surface area contributed by atoms with Crippen LogP contribution in [0.15, 0.2) is 47.3 Å². The fraction of sp³-hybridized carbons (Fsp3) is 0.200. The summed E-state index contributed by atoms with van der Waals surface area (Å²) in [5.41, 5.74) is 3.32. The van der Waals surface area contributed by atoms with E-state index in [9.17, 15) is 4.79 Å². The van der Waals surface area contributed by atoms with E-state index in [0.717, 1.165) is 28.9 Å². The van der Waals surface area contributed by atoms with E-state index in [4.69, 9.17) is 39.8 Å². The predicted molar refractivity (Wildman–Crippen MR) is 110 cm³/mol. The van der Waals surface area contributed by atoms with E-state index < -0.39 is 0 Å². The molecule has 1 aliphatic rings. The summed E-state index contributed by atoms with van der Waals surface area (Å²) in [6, 6.07) is 12.8. The maximum Gasteiger partial charge on any atom is 0.254 e. The van der Waals surface area contributed by atoms with Gasteiger partial charge in [-0.1, -0.05) is 40.9 Å². The SMILES string of the molecule is O=c1[nH]c(-c2ccc(Cl)cc2)nc2c1CCN(Cc1ccc(Cl)cc1Cl)C2. The number of H-pyrrole nitrogens is 1. The minimum atomic E-state index is -0.0749. The molecule has 1 N–H and O–H groups in total. The highest BCUT2D eigenvalue weighted by Crippen LogP contribution is 2.25. The van der Waals surface area contributed by atoms with Crippen molar-refractivity contribution in [3.63, 3.8) is 0 Å². The number of halogens is 3. The standard InChI is InChI=1S/C20H16Cl3N3O/c21-14-4-1-12(2-5-14)19-24-18-11-26(8-7-16(18)20(27)25-19)10-13-3-6-15(22)9-17(13)23/h1-6,9H,7-8,10-11H2,(H,24,25,27). The van der Waals surface area contributed by atoms with Crippen LogP contribution < -0.4 is 5.56 Å². The molecular formula is C20H16Cl3N3O. The van der Waals surface area contributed by atoms with Crippen LogP contribution in [0, 0.1) is 0 Å². The maximum atomic E-state index is 12.5. The zero-order valence-electron chi connectivity index (χ0n) is 14.3. The molecule has 0 atom stereocenters. The third kappa shape index (κ3) is 4.04. The Morgan fingerprint density at radius 1 is 1.04 bits per heavy atom. The summed E-state index contributed by atoms with van der Waals surface area (Å²) in [4.78, 5) is 22.3. The van der Waals surface area contributed by atoms with Crippen molar-refractivity contribution in [2.24, 2.45) is 0 Å². The van der Waals surface area contributed by atoms with Crippen LogP contribution in [-0.2, 0) is 19.5 Å². The first-order valence-electron chi connectivity index (χ1n) is 8.54. The molecule has 138 valence electrons. The number of benzene rings is 2. The Kier molecular flexibility index (Phi) is 5.24. The predicted octanol–water partition coefficient (Wildman–Crippen LogP) is 4.96. The van der Waals surface area contributed by atoms with Crippen LogP contribution in [0.1, 0.15) is 16.8 Å². The van der Waals surface area contributed by atoms with E-state index in [1.54, 1.807) is 18.2 Å². The van der Waals surface area contributed by atoms with Crippen molar-refractivity contribution in [1.82, 2.24) is 14.9 Å². The molecule has 0 aliphatic carbocycles. The van der Waals surface area contributed by atoms with Crippen molar-refractivity contribution < 1.29 is 0 Å². The number of hydrogen-bond acceptors (Lipinski definition) is 3. The number of aromatic amines is 1. The van der Waals surface area contributed by atoms with Crippen LogP contribution in [0.25, 0.3) is 11.4 Å². The van der Waals surface area contributed by atoms with Crippen molar-refractivity contribution in [1.29, 1.82) is 0 Å². The number of hydrogen-bond donors (Lipinski definition) is 1. The van der Waals surface area contributed by atoms with Gasteiger partial charge in [-0.25, -0.2) is 4.98 Å². The van der Waals surface area contributed by atoms with Gasteiger partial charge < -0.3 is 4.98 Å². The van der Waals surface area contributed by atoms with E-state index in [2.05, 4.69) is 9.88 Å². The molecule has 0 saturated heterocycles. The van der Waals surface area contributed by atoms with E-state index in [0.29, 0.717) is 40.4 Å². The van der Waals surface area contributed by atoms with E-state index in [1.807, 2.05) is 24.3 Å². The Morgan fingerprint density at radius 3 is 2.52 bits per heavy atom. The Bertz CT molecular complexity index is 1050. The quantitative estimate of drug-likeness (QED) is 0.652. The Hall–Kier alpha value is -1.85. The van der Waals surface area contributed by atoms with Gasteiger partial charge in [0.2, 0.25) is 0 Å². The highest BCUT2D eigenvalue weighted by molar-refractivity contribution is 6.35. The van der Waals surface area contributed by atoms with Gasteiger partial charge in [0.25, 0.3) is 5.56 Å². The van der Waals surface area contributed by atoms with Crippen LogP contribution in [0.4, 0.5) is 0 Å². The number of aromatic nitrogens is 2. The largest absolute Gasteiger partial charge is 0.306 e. The summed E-state index contributed by atoms with van der Waals surface area (Å²) in [6.07, 6.45) is 0.657. The van der Waals surface area contributed by atoms with Crippen molar-refractivity contribution >= 4 is 34.8 Å². The molecule has 3 aromatic rings. The van der Waals surface area contributed by atoms with Crippen molar-refractivity contribution in [3.8, 4) is 11.4 Å². The smallest absolute Gasteiger partial charge is 0.254 e. The zero-order chi connectivity index (χ0) is 19.0. The average molecular weight is 421 g/mol. The lowest BCUT2D eigenvalue weighted by atomic mass is 10.0. The summed E-state index contributed by atoms with van der Waals surface area (Å²) in [7, 11) is 0. The lowest BCUT2D eigenvalue weighted by molar-refractivity contribution is 0.240. The zero-order valence-corrected chi connectivity index (χ0v) is 16.6. The molecule has 1 aromatic heterocycles. The van der Waals surface area contributed by atoms with E-state index in [-0.39, 0.29) is 5.56 Å². The molecular weight excluding hydrogens is 405 g/mol. The second-order valence-corrected chi connectivity index (χ2v) is 7.82. The Morgan fingerprint density at radius 2 is 1.78 bits per heavy atom. The fourth-order valence-electron chi connectivity index (χ4n) is 3.26. The number of nitrogens with one attached hydrogen (secondary N) is 1. The topological polar surface area (TPSA) is 49.0 Å². The molecule has 2 aromatic carbocycles. The molecule has 27 heavy (non-hydrogen) atoms. The molecule has 1 aliphatic heterocycles. The summed E-state index contributed by atoms with van der Waals surface area (Å²) in [5, 5.41) is 1.91. The van der Waals surface area contributed by atoms with Gasteiger partial charge in [0.15, 0.2) is 0 Å². The normalized spacial score (nSPS) is 14.2. The summed E-state index contributed by atoms with van der Waals surface area (Å²) in [6.45, 7) is 2.05. The number of nitrogens with zero attached hydrogens (tertiary/aromatic N) is 2. The highest BCUT2D eigenvalue weighted by Gasteiger charge is 2.22. The molecule has 0 amide bonds. The van der Waals surface area contributed by atoms with Gasteiger partial charge in [-0.2, -0.15) is 0 Å². The summed E-state index contributed by atoms with van der Waals surface area (Å²) < 4.78 is 0. The molecule has 0 bridgehead atoms. The van der Waals surface area contributed by atoms with E-state index in [1.165, 1.54) is 0 Å². The fourth-order valence-corrected chi connectivity index (χ4v) is 3.86. The van der Waals surface area contributed by atoms with Crippen LogP contribution >= 0.6 is 34.8 Å². The van der Waals surface area contributed by atoms with Crippen LogP contribution in [0.3, 0.4) is 0 Å². The van der Waals surface area contributed by atoms with Gasteiger partial charge in [-0.3, -0.25) is 9.69 Å². The molecule has 4 nitrogen and oxygen atoms in total. The third-order valence-corrected chi connectivity index (χ3v) is 5.52. The second kappa shape index (κ2) is 7.64. The number of rotatable bonds is 3. The summed E-state index contributed by atoms with van der Waals surface area (Å²) in [5.74, 6) is 0.557. The highest BCUT2D eigenvalue weighted by atomic mass is 35.5. The molecule has 0 saturated carbocycles. The van der Waals surface area contributed by atoms with E-state index >= 15 is 0 Å². The third-order valence-electron chi connectivity index (χ3n) is 4.68. The first-order chi connectivity index (χ1) is 13.0. The lowest BCUT2D eigenvalue weighted by Crippen LogP contribution is -2.35. The van der Waals surface area contributed by atoms with Crippen molar-refractivity contribution in [2.75, 3.05) is 6.54 Å². The first kappa shape index (κ1) is 18.5. The Balaban J connectivity index is 1.61. The van der Waals surface area contributed by atoms with Gasteiger partial charge in [0.1, 0.15) is 5.82 Å². The maximum absolute atomic E-state index is 12.5. The number of fused-ring (bicyclic) bond motifs is 1. The lowest BCUT2D eigenvalue weighted by Gasteiger charge is -2.28.